The Balaban J connectivity index is 2.06. The van der Waals surface area contributed by atoms with Crippen molar-refractivity contribution in [3.05, 3.63) is 24.3 Å². The van der Waals surface area contributed by atoms with Gasteiger partial charge in [-0.3, -0.25) is 5.32 Å². The average Bonchev–Trinajstić information content (AvgIpc) is 2.71. The Morgan fingerprint density at radius 3 is 2.65 bits per heavy atom. The molecular formula is C13H18N2O4S. The van der Waals surface area contributed by atoms with Gasteiger partial charge in [0.25, 0.3) is 0 Å². The minimum atomic E-state index is -2.93. The molecule has 1 atom stereocenters. The Morgan fingerprint density at radius 2 is 2.05 bits per heavy atom. The maximum absolute atomic E-state index is 11.4. The minimum Gasteiger partial charge on any atom is -0.450 e. The van der Waals surface area contributed by atoms with Crippen molar-refractivity contribution in [1.82, 2.24) is 0 Å². The first-order valence-electron chi connectivity index (χ1n) is 6.50. The summed E-state index contributed by atoms with van der Waals surface area (Å²) in [6.45, 7) is 2.02. The lowest BCUT2D eigenvalue weighted by Crippen LogP contribution is -2.22. The Morgan fingerprint density at radius 1 is 1.35 bits per heavy atom. The van der Waals surface area contributed by atoms with Gasteiger partial charge in [0, 0.05) is 6.04 Å². The highest BCUT2D eigenvalue weighted by molar-refractivity contribution is 7.91. The molecule has 1 fully saturated rings. The van der Waals surface area contributed by atoms with Gasteiger partial charge >= 0.3 is 6.09 Å². The van der Waals surface area contributed by atoms with Gasteiger partial charge in [0.1, 0.15) is 0 Å². The van der Waals surface area contributed by atoms with Crippen LogP contribution in [0.25, 0.3) is 0 Å². The number of para-hydroxylation sites is 2. The first-order valence-corrected chi connectivity index (χ1v) is 8.32. The molecule has 0 aromatic heterocycles. The highest BCUT2D eigenvalue weighted by atomic mass is 32.2. The first kappa shape index (κ1) is 14.6. The first-order chi connectivity index (χ1) is 9.50. The summed E-state index contributed by atoms with van der Waals surface area (Å²) in [6, 6.07) is 7.03. The van der Waals surface area contributed by atoms with Crippen LogP contribution < -0.4 is 10.6 Å². The quantitative estimate of drug-likeness (QED) is 0.886. The van der Waals surface area contributed by atoms with Gasteiger partial charge < -0.3 is 10.1 Å². The van der Waals surface area contributed by atoms with Gasteiger partial charge in [-0.05, 0) is 25.5 Å². The van der Waals surface area contributed by atoms with Crippen molar-refractivity contribution in [3.63, 3.8) is 0 Å². The number of nitrogens with one attached hydrogen (secondary N) is 2. The second-order valence-electron chi connectivity index (χ2n) is 4.64. The molecule has 1 unspecified atom stereocenters. The number of amides is 1. The van der Waals surface area contributed by atoms with Crippen LogP contribution >= 0.6 is 0 Å². The molecule has 1 heterocycles. The zero-order valence-electron chi connectivity index (χ0n) is 11.3. The highest BCUT2D eigenvalue weighted by Gasteiger charge is 2.28. The lowest BCUT2D eigenvalue weighted by molar-refractivity contribution is 0.168. The normalized spacial score (nSPS) is 20.4. The van der Waals surface area contributed by atoms with E-state index in [4.69, 9.17) is 4.74 Å². The van der Waals surface area contributed by atoms with E-state index in [1.54, 1.807) is 25.1 Å². The maximum Gasteiger partial charge on any atom is 0.411 e. The van der Waals surface area contributed by atoms with Crippen molar-refractivity contribution in [2.24, 2.45) is 0 Å². The lowest BCUT2D eigenvalue weighted by atomic mass is 10.2. The smallest absolute Gasteiger partial charge is 0.411 e. The van der Waals surface area contributed by atoms with Crippen LogP contribution in [0.15, 0.2) is 24.3 Å². The van der Waals surface area contributed by atoms with Crippen LogP contribution in [0.4, 0.5) is 16.2 Å². The number of sulfone groups is 1. The molecule has 2 rings (SSSR count). The second-order valence-corrected chi connectivity index (χ2v) is 6.86. The molecule has 1 aliphatic rings. The van der Waals surface area contributed by atoms with Gasteiger partial charge in [-0.1, -0.05) is 12.1 Å². The van der Waals surface area contributed by atoms with E-state index < -0.39 is 15.9 Å². The van der Waals surface area contributed by atoms with Crippen LogP contribution in [0, 0.1) is 0 Å². The SMILES string of the molecule is CCOC(=O)Nc1ccccc1NC1CCS(=O)(=O)C1. The molecule has 1 aromatic carbocycles. The third-order valence-corrected chi connectivity index (χ3v) is 4.80. The van der Waals surface area contributed by atoms with E-state index in [1.807, 2.05) is 6.07 Å². The standard InChI is InChI=1S/C13H18N2O4S/c1-2-19-13(16)15-12-6-4-3-5-11(12)14-10-7-8-20(17,18)9-10/h3-6,10,14H,2,7-9H2,1H3,(H,15,16). The molecule has 1 aliphatic heterocycles. The van der Waals surface area contributed by atoms with Crippen LogP contribution in [0.3, 0.4) is 0 Å². The Labute approximate surface area is 118 Å². The third kappa shape index (κ3) is 3.86. The molecule has 0 saturated carbocycles. The molecule has 2 N–H and O–H groups in total. The number of hydrogen-bond donors (Lipinski definition) is 2. The predicted molar refractivity (Wildman–Crippen MR) is 77.8 cm³/mol. The van der Waals surface area contributed by atoms with Gasteiger partial charge in [0.05, 0.1) is 29.5 Å². The lowest BCUT2D eigenvalue weighted by Gasteiger charge is -2.16. The molecule has 7 heteroatoms. The number of hydrogen-bond acceptors (Lipinski definition) is 5. The zero-order chi connectivity index (χ0) is 14.6. The van der Waals surface area contributed by atoms with Gasteiger partial charge in [-0.25, -0.2) is 13.2 Å². The molecule has 1 aromatic rings. The largest absolute Gasteiger partial charge is 0.450 e. The number of anilines is 2. The second kappa shape index (κ2) is 6.13. The van der Waals surface area contributed by atoms with E-state index >= 15 is 0 Å². The molecular weight excluding hydrogens is 280 g/mol. The number of carbonyl (C=O) groups is 1. The molecule has 0 bridgehead atoms. The van der Waals surface area contributed by atoms with Crippen LogP contribution in [0.5, 0.6) is 0 Å². The topological polar surface area (TPSA) is 84.5 Å². The van der Waals surface area contributed by atoms with E-state index in [2.05, 4.69) is 10.6 Å². The highest BCUT2D eigenvalue weighted by Crippen LogP contribution is 2.24. The molecule has 6 nitrogen and oxygen atoms in total. The number of carbonyl (C=O) groups excluding carboxylic acids is 1. The third-order valence-electron chi connectivity index (χ3n) is 3.03. The summed E-state index contributed by atoms with van der Waals surface area (Å²) in [7, 11) is -2.93. The maximum atomic E-state index is 11.4. The summed E-state index contributed by atoms with van der Waals surface area (Å²) < 4.78 is 27.7. The van der Waals surface area contributed by atoms with Gasteiger partial charge in [-0.15, -0.1) is 0 Å². The fraction of sp³-hybridized carbons (Fsp3) is 0.462. The van der Waals surface area contributed by atoms with Crippen molar-refractivity contribution >= 4 is 27.3 Å². The van der Waals surface area contributed by atoms with E-state index in [-0.39, 0.29) is 17.5 Å². The van der Waals surface area contributed by atoms with Crippen molar-refractivity contribution in [1.29, 1.82) is 0 Å². The molecule has 1 saturated heterocycles. The number of ether oxygens (including phenoxy) is 1. The van der Waals surface area contributed by atoms with Gasteiger partial charge in [0.2, 0.25) is 0 Å². The van der Waals surface area contributed by atoms with Gasteiger partial charge in [0.15, 0.2) is 9.84 Å². The fourth-order valence-electron chi connectivity index (χ4n) is 2.12. The molecule has 0 spiro atoms. The molecule has 110 valence electrons. The van der Waals surface area contributed by atoms with E-state index in [0.29, 0.717) is 24.4 Å². The molecule has 0 aliphatic carbocycles. The van der Waals surface area contributed by atoms with Gasteiger partial charge in [-0.2, -0.15) is 0 Å². The van der Waals surface area contributed by atoms with E-state index in [9.17, 15) is 13.2 Å². The molecule has 20 heavy (non-hydrogen) atoms. The summed E-state index contributed by atoms with van der Waals surface area (Å²) >= 11 is 0. The van der Waals surface area contributed by atoms with Crippen molar-refractivity contribution in [3.8, 4) is 0 Å². The van der Waals surface area contributed by atoms with Crippen molar-refractivity contribution < 1.29 is 17.9 Å². The summed E-state index contributed by atoms with van der Waals surface area (Å²) in [5.41, 5.74) is 1.28. The van der Waals surface area contributed by atoms with Crippen LogP contribution in [0.2, 0.25) is 0 Å². The van der Waals surface area contributed by atoms with Crippen molar-refractivity contribution in [2.45, 2.75) is 19.4 Å². The minimum absolute atomic E-state index is 0.120. The predicted octanol–water partition coefficient (Wildman–Crippen LogP) is 1.85. The molecule has 0 radical (unpaired) electrons. The fourth-order valence-corrected chi connectivity index (χ4v) is 3.80. The number of rotatable bonds is 4. The summed E-state index contributed by atoms with van der Waals surface area (Å²) in [6.07, 6.45) is 0.0524. The molecule has 1 amide bonds. The van der Waals surface area contributed by atoms with Crippen LogP contribution in [-0.2, 0) is 14.6 Å². The average molecular weight is 298 g/mol. The zero-order valence-corrected chi connectivity index (χ0v) is 12.1. The van der Waals surface area contributed by atoms with E-state index in [1.165, 1.54) is 0 Å². The Bertz CT molecular complexity index is 586. The Kier molecular flexibility index (Phi) is 4.49. The van der Waals surface area contributed by atoms with Crippen LogP contribution in [0.1, 0.15) is 13.3 Å². The monoisotopic (exact) mass is 298 g/mol. The summed E-state index contributed by atoms with van der Waals surface area (Å²) in [4.78, 5) is 11.4. The Hall–Kier alpha value is -1.76. The number of benzene rings is 1. The van der Waals surface area contributed by atoms with E-state index in [0.717, 1.165) is 0 Å². The summed E-state index contributed by atoms with van der Waals surface area (Å²) in [5.74, 6) is 0.332. The van der Waals surface area contributed by atoms with Crippen molar-refractivity contribution in [2.75, 3.05) is 28.7 Å². The van der Waals surface area contributed by atoms with Crippen LogP contribution in [-0.4, -0.2) is 38.7 Å². The summed E-state index contributed by atoms with van der Waals surface area (Å²) in [5, 5.41) is 5.80.